The highest BCUT2D eigenvalue weighted by atomic mass is 16.5. The van der Waals surface area contributed by atoms with Gasteiger partial charge in [-0.15, -0.1) is 0 Å². The van der Waals surface area contributed by atoms with Crippen molar-refractivity contribution in [3.05, 3.63) is 29.6 Å². The van der Waals surface area contributed by atoms with Crippen LogP contribution in [0.4, 0.5) is 0 Å². The zero-order chi connectivity index (χ0) is 14.4. The lowest BCUT2D eigenvalue weighted by Gasteiger charge is -2.24. The minimum atomic E-state index is 0.381. The topological polar surface area (TPSA) is 39.9 Å². The van der Waals surface area contributed by atoms with Crippen LogP contribution < -0.4 is 4.74 Å². The Bertz CT molecular complexity index is 668. The Morgan fingerprint density at radius 1 is 1.24 bits per heavy atom. The maximum Gasteiger partial charge on any atom is 0.215 e. The second-order valence-electron chi connectivity index (χ2n) is 6.32. The Labute approximate surface area is 125 Å². The first-order chi connectivity index (χ1) is 10.2. The Morgan fingerprint density at radius 2 is 2.10 bits per heavy atom. The summed E-state index contributed by atoms with van der Waals surface area (Å²) in [7, 11) is 0. The predicted octanol–water partition coefficient (Wildman–Crippen LogP) is 3.24. The van der Waals surface area contributed by atoms with Gasteiger partial charge < -0.3 is 4.74 Å². The van der Waals surface area contributed by atoms with E-state index in [9.17, 15) is 0 Å². The van der Waals surface area contributed by atoms with Crippen molar-refractivity contribution in [3.8, 4) is 17.1 Å². The number of hydrogen-bond donors (Lipinski definition) is 0. The monoisotopic (exact) mass is 283 g/mol. The first-order valence-corrected chi connectivity index (χ1v) is 7.92. The molecule has 1 spiro atoms. The van der Waals surface area contributed by atoms with Crippen molar-refractivity contribution < 1.29 is 4.74 Å². The largest absolute Gasteiger partial charge is 0.477 e. The van der Waals surface area contributed by atoms with Gasteiger partial charge in [-0.25, -0.2) is 4.68 Å². The van der Waals surface area contributed by atoms with Crippen molar-refractivity contribution in [1.82, 2.24) is 14.8 Å². The third-order valence-corrected chi connectivity index (χ3v) is 4.77. The molecule has 2 aromatic rings. The molecule has 0 aromatic carbocycles. The van der Waals surface area contributed by atoms with Gasteiger partial charge in [-0.1, -0.05) is 13.8 Å². The third kappa shape index (κ3) is 2.04. The van der Waals surface area contributed by atoms with Crippen LogP contribution in [0.5, 0.6) is 5.88 Å². The zero-order valence-electron chi connectivity index (χ0n) is 12.7. The molecule has 4 heteroatoms. The molecule has 21 heavy (non-hydrogen) atoms. The normalized spacial score (nSPS) is 18.4. The molecule has 4 nitrogen and oxygen atoms in total. The van der Waals surface area contributed by atoms with Crippen LogP contribution in [0, 0.1) is 5.41 Å². The van der Waals surface area contributed by atoms with E-state index in [0.717, 1.165) is 48.8 Å². The fraction of sp³-hybridized carbons (Fsp3) is 0.529. The Kier molecular flexibility index (Phi) is 2.81. The van der Waals surface area contributed by atoms with Gasteiger partial charge in [0.25, 0.3) is 0 Å². The number of ether oxygens (including phenoxy) is 1. The SMILES string of the molecule is CCc1ccc(-c2nn3c(c2CC)OCC2(CC2)C3)cn1. The minimum absolute atomic E-state index is 0.381. The Morgan fingerprint density at radius 3 is 2.71 bits per heavy atom. The summed E-state index contributed by atoms with van der Waals surface area (Å²) in [5.41, 5.74) is 4.86. The Balaban J connectivity index is 1.76. The molecule has 4 rings (SSSR count). The molecule has 2 aromatic heterocycles. The fourth-order valence-electron chi connectivity index (χ4n) is 3.14. The summed E-state index contributed by atoms with van der Waals surface area (Å²) >= 11 is 0. The lowest BCUT2D eigenvalue weighted by atomic mass is 10.1. The average molecular weight is 283 g/mol. The maximum atomic E-state index is 6.05. The molecule has 0 unspecified atom stereocenters. The summed E-state index contributed by atoms with van der Waals surface area (Å²) < 4.78 is 8.13. The highest BCUT2D eigenvalue weighted by molar-refractivity contribution is 5.65. The van der Waals surface area contributed by atoms with Gasteiger partial charge in [0, 0.05) is 28.4 Å². The molecule has 1 aliphatic carbocycles. The molecule has 110 valence electrons. The number of pyridine rings is 1. The van der Waals surface area contributed by atoms with E-state index in [0.29, 0.717) is 5.41 Å². The summed E-state index contributed by atoms with van der Waals surface area (Å²) in [5, 5.41) is 4.83. The van der Waals surface area contributed by atoms with Crippen LogP contribution in [0.3, 0.4) is 0 Å². The molecule has 0 saturated heterocycles. The quantitative estimate of drug-likeness (QED) is 0.868. The molecule has 0 bridgehead atoms. The number of rotatable bonds is 3. The van der Waals surface area contributed by atoms with Crippen LogP contribution in [0.1, 0.15) is 37.9 Å². The third-order valence-electron chi connectivity index (χ3n) is 4.77. The fourth-order valence-corrected chi connectivity index (χ4v) is 3.14. The van der Waals surface area contributed by atoms with Crippen molar-refractivity contribution in [3.63, 3.8) is 0 Å². The lowest BCUT2D eigenvalue weighted by molar-refractivity contribution is 0.147. The minimum Gasteiger partial charge on any atom is -0.477 e. The highest BCUT2D eigenvalue weighted by Gasteiger charge is 2.47. The summed E-state index contributed by atoms with van der Waals surface area (Å²) in [5.74, 6) is 0.976. The predicted molar refractivity (Wildman–Crippen MR) is 81.4 cm³/mol. The number of aromatic nitrogens is 3. The van der Waals surface area contributed by atoms with Gasteiger partial charge in [0.1, 0.15) is 5.69 Å². The number of fused-ring (bicyclic) bond motifs is 1. The van der Waals surface area contributed by atoms with Gasteiger partial charge in [0.15, 0.2) is 0 Å². The van der Waals surface area contributed by atoms with E-state index < -0.39 is 0 Å². The van der Waals surface area contributed by atoms with Crippen LogP contribution in [0.2, 0.25) is 0 Å². The van der Waals surface area contributed by atoms with Gasteiger partial charge in [0.05, 0.1) is 13.2 Å². The molecule has 1 aliphatic heterocycles. The van der Waals surface area contributed by atoms with Gasteiger partial charge in [0.2, 0.25) is 5.88 Å². The lowest BCUT2D eigenvalue weighted by Crippen LogP contribution is -2.27. The van der Waals surface area contributed by atoms with Crippen LogP contribution in [-0.4, -0.2) is 21.4 Å². The molecule has 0 amide bonds. The van der Waals surface area contributed by atoms with Crippen LogP contribution >= 0.6 is 0 Å². The molecule has 1 fully saturated rings. The van der Waals surface area contributed by atoms with Crippen molar-refractivity contribution in [1.29, 1.82) is 0 Å². The summed E-state index contributed by atoms with van der Waals surface area (Å²) in [6, 6.07) is 4.22. The molecule has 3 heterocycles. The molecule has 1 saturated carbocycles. The highest BCUT2D eigenvalue weighted by Crippen LogP contribution is 2.51. The molecule has 0 N–H and O–H groups in total. The summed E-state index contributed by atoms with van der Waals surface area (Å²) in [6.45, 7) is 6.16. The van der Waals surface area contributed by atoms with Gasteiger partial charge in [-0.3, -0.25) is 4.98 Å². The number of nitrogens with zero attached hydrogens (tertiary/aromatic N) is 3. The van der Waals surface area contributed by atoms with Crippen LogP contribution in [0.15, 0.2) is 18.3 Å². The zero-order valence-corrected chi connectivity index (χ0v) is 12.7. The Hall–Kier alpha value is -1.84. The van der Waals surface area contributed by atoms with Crippen molar-refractivity contribution in [2.75, 3.05) is 6.61 Å². The van der Waals surface area contributed by atoms with Crippen molar-refractivity contribution in [2.24, 2.45) is 5.41 Å². The molecule has 0 radical (unpaired) electrons. The number of hydrogen-bond acceptors (Lipinski definition) is 3. The van der Waals surface area contributed by atoms with E-state index in [1.165, 1.54) is 18.4 Å². The number of aryl methyl sites for hydroxylation is 1. The first-order valence-electron chi connectivity index (χ1n) is 7.92. The van der Waals surface area contributed by atoms with Gasteiger partial charge in [-0.2, -0.15) is 5.10 Å². The smallest absolute Gasteiger partial charge is 0.215 e. The van der Waals surface area contributed by atoms with Crippen molar-refractivity contribution in [2.45, 2.75) is 46.1 Å². The van der Waals surface area contributed by atoms with E-state index in [-0.39, 0.29) is 0 Å². The standard InChI is InChI=1S/C17H21N3O/c1-3-13-6-5-12(9-18-13)15-14(4-2)16-20(19-15)10-17(7-8-17)11-21-16/h5-6,9H,3-4,7-8,10-11H2,1-2H3. The van der Waals surface area contributed by atoms with E-state index in [4.69, 9.17) is 9.84 Å². The molecular weight excluding hydrogens is 262 g/mol. The summed E-state index contributed by atoms with van der Waals surface area (Å²) in [6.07, 6.45) is 6.39. The second kappa shape index (κ2) is 4.58. The average Bonchev–Trinajstić information content (AvgIpc) is 3.17. The maximum absolute atomic E-state index is 6.05. The molecule has 0 atom stereocenters. The first kappa shape index (κ1) is 12.9. The second-order valence-corrected chi connectivity index (χ2v) is 6.32. The van der Waals surface area contributed by atoms with E-state index in [2.05, 4.69) is 35.6 Å². The van der Waals surface area contributed by atoms with E-state index in [1.807, 2.05) is 6.20 Å². The molecular formula is C17H21N3O. The van der Waals surface area contributed by atoms with Crippen molar-refractivity contribution >= 4 is 0 Å². The van der Waals surface area contributed by atoms with E-state index >= 15 is 0 Å². The van der Waals surface area contributed by atoms with Gasteiger partial charge >= 0.3 is 0 Å². The van der Waals surface area contributed by atoms with E-state index in [1.54, 1.807) is 0 Å². The summed E-state index contributed by atoms with van der Waals surface area (Å²) in [4.78, 5) is 4.51. The van der Waals surface area contributed by atoms with Crippen LogP contribution in [0.25, 0.3) is 11.3 Å². The molecule has 2 aliphatic rings. The van der Waals surface area contributed by atoms with Gasteiger partial charge in [-0.05, 0) is 37.8 Å². The van der Waals surface area contributed by atoms with Crippen LogP contribution in [-0.2, 0) is 19.4 Å².